The topological polar surface area (TPSA) is 71.7 Å². The van der Waals surface area contributed by atoms with E-state index in [0.717, 1.165) is 41.5 Å². The van der Waals surface area contributed by atoms with Gasteiger partial charge in [-0.05, 0) is 12.1 Å². The number of para-hydroxylation sites is 1. The van der Waals surface area contributed by atoms with E-state index in [4.69, 9.17) is 9.26 Å². The van der Waals surface area contributed by atoms with Gasteiger partial charge >= 0.3 is 0 Å². The number of carbonyl (C=O) groups excluding carboxylic acids is 1. The molecule has 4 rings (SSSR count). The van der Waals surface area contributed by atoms with Crippen LogP contribution in [0.5, 0.6) is 0 Å². The first-order chi connectivity index (χ1) is 12.7. The van der Waals surface area contributed by atoms with Gasteiger partial charge in [0.2, 0.25) is 0 Å². The van der Waals surface area contributed by atoms with E-state index in [1.807, 2.05) is 24.3 Å². The van der Waals surface area contributed by atoms with E-state index in [-0.39, 0.29) is 5.91 Å². The highest BCUT2D eigenvalue weighted by Crippen LogP contribution is 2.22. The summed E-state index contributed by atoms with van der Waals surface area (Å²) >= 11 is 1.60. The summed E-state index contributed by atoms with van der Waals surface area (Å²) in [6, 6.07) is 9.70. The van der Waals surface area contributed by atoms with Crippen LogP contribution in [-0.4, -0.2) is 59.2 Å². The molecule has 0 spiro atoms. The second kappa shape index (κ2) is 7.53. The first kappa shape index (κ1) is 17.1. The molecule has 0 atom stereocenters. The Morgan fingerprint density at radius 3 is 2.92 bits per heavy atom. The van der Waals surface area contributed by atoms with Crippen LogP contribution in [0.1, 0.15) is 21.3 Å². The molecular formula is C18H20N4O3S. The van der Waals surface area contributed by atoms with Crippen LogP contribution in [0.2, 0.25) is 0 Å². The molecule has 136 valence electrons. The van der Waals surface area contributed by atoms with Gasteiger partial charge in [-0.2, -0.15) is 0 Å². The lowest BCUT2D eigenvalue weighted by Crippen LogP contribution is -2.35. The number of aromatic nitrogens is 2. The van der Waals surface area contributed by atoms with Crippen molar-refractivity contribution in [3.63, 3.8) is 0 Å². The third kappa shape index (κ3) is 3.77. The number of amides is 1. The molecule has 2 aromatic heterocycles. The van der Waals surface area contributed by atoms with E-state index < -0.39 is 0 Å². The van der Waals surface area contributed by atoms with E-state index in [2.05, 4.69) is 15.0 Å². The quantitative estimate of drug-likeness (QED) is 0.685. The van der Waals surface area contributed by atoms with Gasteiger partial charge in [0.1, 0.15) is 5.01 Å². The summed E-state index contributed by atoms with van der Waals surface area (Å²) in [7, 11) is 1.75. The average molecular weight is 372 g/mol. The molecule has 26 heavy (non-hydrogen) atoms. The summed E-state index contributed by atoms with van der Waals surface area (Å²) in [5, 5.41) is 4.85. The number of hydrogen-bond acceptors (Lipinski definition) is 7. The van der Waals surface area contributed by atoms with Gasteiger partial charge in [-0.15, -0.1) is 11.3 Å². The Morgan fingerprint density at radius 1 is 1.31 bits per heavy atom. The van der Waals surface area contributed by atoms with E-state index in [1.165, 1.54) is 0 Å². The van der Waals surface area contributed by atoms with Gasteiger partial charge in [-0.3, -0.25) is 9.69 Å². The zero-order valence-electron chi connectivity index (χ0n) is 14.6. The molecule has 0 N–H and O–H groups in total. The Bertz CT molecular complexity index is 868. The molecule has 1 fully saturated rings. The molecule has 1 aliphatic heterocycles. The predicted octanol–water partition coefficient (Wildman–Crippen LogP) is 2.39. The van der Waals surface area contributed by atoms with E-state index in [0.29, 0.717) is 24.5 Å². The number of carbonyl (C=O) groups is 1. The number of rotatable bonds is 5. The van der Waals surface area contributed by atoms with Gasteiger partial charge in [0.05, 0.1) is 36.5 Å². The molecule has 0 unspecified atom stereocenters. The van der Waals surface area contributed by atoms with Crippen molar-refractivity contribution < 1.29 is 14.1 Å². The largest absolute Gasteiger partial charge is 0.379 e. The fourth-order valence-corrected chi connectivity index (χ4v) is 3.95. The number of thiazole rings is 1. The molecule has 1 saturated heterocycles. The third-order valence-electron chi connectivity index (χ3n) is 4.32. The highest BCUT2D eigenvalue weighted by atomic mass is 32.1. The minimum atomic E-state index is -0.166. The van der Waals surface area contributed by atoms with Gasteiger partial charge in [0.25, 0.3) is 5.91 Å². The Kier molecular flexibility index (Phi) is 4.96. The summed E-state index contributed by atoms with van der Waals surface area (Å²) in [6.45, 7) is 4.27. The molecule has 0 saturated carbocycles. The van der Waals surface area contributed by atoms with Crippen LogP contribution >= 0.6 is 11.3 Å². The molecule has 7 nitrogen and oxygen atoms in total. The van der Waals surface area contributed by atoms with Crippen LogP contribution in [0, 0.1) is 0 Å². The van der Waals surface area contributed by atoms with Crippen LogP contribution in [-0.2, 0) is 17.8 Å². The van der Waals surface area contributed by atoms with Gasteiger partial charge in [-0.1, -0.05) is 17.3 Å². The Labute approximate surface area is 155 Å². The Hall–Kier alpha value is -2.29. The van der Waals surface area contributed by atoms with Crippen molar-refractivity contribution in [1.29, 1.82) is 0 Å². The van der Waals surface area contributed by atoms with Crippen LogP contribution < -0.4 is 0 Å². The molecule has 1 amide bonds. The second-order valence-electron chi connectivity index (χ2n) is 6.30. The van der Waals surface area contributed by atoms with Gasteiger partial charge < -0.3 is 14.2 Å². The number of morpholine rings is 1. The maximum Gasteiger partial charge on any atom is 0.276 e. The maximum absolute atomic E-state index is 12.6. The number of hydrogen-bond donors (Lipinski definition) is 0. The van der Waals surface area contributed by atoms with Crippen molar-refractivity contribution in [3.8, 4) is 0 Å². The summed E-state index contributed by atoms with van der Waals surface area (Å²) in [5.41, 5.74) is 1.29. The summed E-state index contributed by atoms with van der Waals surface area (Å²) in [5.74, 6) is 0.532. The number of benzene rings is 1. The fraction of sp³-hybridized carbons (Fsp3) is 0.389. The molecule has 0 aliphatic carbocycles. The SMILES string of the molecule is CN(Cc1nc2ccccc2s1)C(=O)c1cc(CN2CCOCC2)on1. The number of fused-ring (bicyclic) bond motifs is 1. The van der Waals surface area contributed by atoms with Crippen LogP contribution in [0.15, 0.2) is 34.9 Å². The minimum Gasteiger partial charge on any atom is -0.379 e. The van der Waals surface area contributed by atoms with Crippen molar-refractivity contribution in [1.82, 2.24) is 19.9 Å². The Morgan fingerprint density at radius 2 is 2.12 bits per heavy atom. The van der Waals surface area contributed by atoms with Crippen molar-refractivity contribution in [2.24, 2.45) is 0 Å². The van der Waals surface area contributed by atoms with Gasteiger partial charge in [0, 0.05) is 26.2 Å². The molecule has 8 heteroatoms. The number of nitrogens with zero attached hydrogens (tertiary/aromatic N) is 4. The van der Waals surface area contributed by atoms with Crippen LogP contribution in [0.25, 0.3) is 10.2 Å². The predicted molar refractivity (Wildman–Crippen MR) is 98.0 cm³/mol. The second-order valence-corrected chi connectivity index (χ2v) is 7.42. The summed E-state index contributed by atoms with van der Waals surface area (Å²) in [4.78, 5) is 21.0. The maximum atomic E-state index is 12.6. The van der Waals surface area contributed by atoms with Crippen molar-refractivity contribution in [2.75, 3.05) is 33.4 Å². The third-order valence-corrected chi connectivity index (χ3v) is 5.34. The molecule has 3 heterocycles. The molecule has 1 aromatic carbocycles. The molecule has 0 bridgehead atoms. The molecular weight excluding hydrogens is 352 g/mol. The molecule has 1 aliphatic rings. The Balaban J connectivity index is 1.40. The van der Waals surface area contributed by atoms with Crippen LogP contribution in [0.3, 0.4) is 0 Å². The zero-order valence-corrected chi connectivity index (χ0v) is 15.4. The zero-order chi connectivity index (χ0) is 17.9. The monoisotopic (exact) mass is 372 g/mol. The first-order valence-electron chi connectivity index (χ1n) is 8.54. The van der Waals surface area contributed by atoms with E-state index in [1.54, 1.807) is 29.4 Å². The average Bonchev–Trinajstić information content (AvgIpc) is 3.28. The van der Waals surface area contributed by atoms with E-state index in [9.17, 15) is 4.79 Å². The lowest BCUT2D eigenvalue weighted by Gasteiger charge is -2.25. The highest BCUT2D eigenvalue weighted by molar-refractivity contribution is 7.18. The number of ether oxygens (including phenoxy) is 1. The van der Waals surface area contributed by atoms with Crippen molar-refractivity contribution >= 4 is 27.5 Å². The minimum absolute atomic E-state index is 0.166. The van der Waals surface area contributed by atoms with Gasteiger partial charge in [-0.25, -0.2) is 4.98 Å². The smallest absolute Gasteiger partial charge is 0.276 e. The lowest BCUT2D eigenvalue weighted by molar-refractivity contribution is 0.0305. The molecule has 0 radical (unpaired) electrons. The van der Waals surface area contributed by atoms with Crippen molar-refractivity contribution in [2.45, 2.75) is 13.1 Å². The normalized spacial score (nSPS) is 15.4. The first-order valence-corrected chi connectivity index (χ1v) is 9.36. The summed E-state index contributed by atoms with van der Waals surface area (Å²) in [6.07, 6.45) is 0. The summed E-state index contributed by atoms with van der Waals surface area (Å²) < 4.78 is 11.8. The van der Waals surface area contributed by atoms with E-state index >= 15 is 0 Å². The lowest BCUT2D eigenvalue weighted by atomic mass is 10.3. The van der Waals surface area contributed by atoms with Crippen LogP contribution in [0.4, 0.5) is 0 Å². The fourth-order valence-electron chi connectivity index (χ4n) is 2.93. The molecule has 3 aromatic rings. The van der Waals surface area contributed by atoms with Gasteiger partial charge in [0.15, 0.2) is 11.5 Å². The standard InChI is InChI=1S/C18H20N4O3S/c1-21(12-17-19-14-4-2-3-5-16(14)26-17)18(23)15-10-13(25-20-15)11-22-6-8-24-9-7-22/h2-5,10H,6-9,11-12H2,1H3. The van der Waals surface area contributed by atoms with Crippen molar-refractivity contribution in [3.05, 3.63) is 46.8 Å². The highest BCUT2D eigenvalue weighted by Gasteiger charge is 2.20.